The van der Waals surface area contributed by atoms with Gasteiger partial charge < -0.3 is 9.64 Å². The molecule has 0 spiro atoms. The summed E-state index contributed by atoms with van der Waals surface area (Å²) in [6.07, 6.45) is 3.48. The Kier molecular flexibility index (Phi) is 6.60. The van der Waals surface area contributed by atoms with E-state index in [2.05, 4.69) is 0 Å². The van der Waals surface area contributed by atoms with Crippen molar-refractivity contribution < 1.29 is 18.3 Å². The SMILES string of the molecule is O=C(c1ccccc1-c1ccccc1)N1CCCC[C@H]1CCOc1ccc(F)cc1F. The normalized spacial score (nSPS) is 16.2. The zero-order valence-electron chi connectivity index (χ0n) is 17.3. The van der Waals surface area contributed by atoms with E-state index >= 15 is 0 Å². The van der Waals surface area contributed by atoms with Gasteiger partial charge in [0, 0.05) is 30.6 Å². The van der Waals surface area contributed by atoms with E-state index in [9.17, 15) is 13.6 Å². The smallest absolute Gasteiger partial charge is 0.254 e. The van der Waals surface area contributed by atoms with Crippen LogP contribution in [0.4, 0.5) is 8.78 Å². The number of piperidine rings is 1. The molecule has 160 valence electrons. The highest BCUT2D eigenvalue weighted by atomic mass is 19.1. The fourth-order valence-corrected chi connectivity index (χ4v) is 4.16. The Morgan fingerprint density at radius 3 is 2.55 bits per heavy atom. The summed E-state index contributed by atoms with van der Waals surface area (Å²) in [5.41, 5.74) is 2.61. The fraction of sp³-hybridized carbons (Fsp3) is 0.269. The van der Waals surface area contributed by atoms with E-state index in [1.54, 1.807) is 0 Å². The number of likely N-dealkylation sites (tertiary alicyclic amines) is 1. The molecule has 1 heterocycles. The number of halogens is 2. The summed E-state index contributed by atoms with van der Waals surface area (Å²) in [5.74, 6) is -1.30. The monoisotopic (exact) mass is 421 g/mol. The molecule has 1 fully saturated rings. The molecular formula is C26H25F2NO2. The lowest BCUT2D eigenvalue weighted by Crippen LogP contribution is -2.44. The number of benzene rings is 3. The third-order valence-corrected chi connectivity index (χ3v) is 5.73. The Morgan fingerprint density at radius 2 is 1.74 bits per heavy atom. The van der Waals surface area contributed by atoms with Gasteiger partial charge in [-0.15, -0.1) is 0 Å². The van der Waals surface area contributed by atoms with Gasteiger partial charge in [-0.1, -0.05) is 48.5 Å². The Bertz CT molecular complexity index is 1040. The van der Waals surface area contributed by atoms with Crippen molar-refractivity contribution in [3.63, 3.8) is 0 Å². The van der Waals surface area contributed by atoms with Gasteiger partial charge in [-0.2, -0.15) is 0 Å². The Hall–Kier alpha value is -3.21. The van der Waals surface area contributed by atoms with Gasteiger partial charge in [0.1, 0.15) is 5.82 Å². The third-order valence-electron chi connectivity index (χ3n) is 5.73. The molecule has 1 saturated heterocycles. The number of rotatable bonds is 6. The zero-order chi connectivity index (χ0) is 21.6. The molecule has 0 radical (unpaired) electrons. The van der Waals surface area contributed by atoms with E-state index < -0.39 is 11.6 Å². The first-order valence-electron chi connectivity index (χ1n) is 10.7. The third kappa shape index (κ3) is 4.93. The second-order valence-corrected chi connectivity index (χ2v) is 7.77. The summed E-state index contributed by atoms with van der Waals surface area (Å²) in [7, 11) is 0. The van der Waals surface area contributed by atoms with E-state index in [1.807, 2.05) is 59.5 Å². The second kappa shape index (κ2) is 9.73. The van der Waals surface area contributed by atoms with Gasteiger partial charge >= 0.3 is 0 Å². The van der Waals surface area contributed by atoms with Crippen LogP contribution in [0.3, 0.4) is 0 Å². The molecule has 3 aromatic rings. The minimum atomic E-state index is -0.714. The molecule has 0 aliphatic carbocycles. The minimum Gasteiger partial charge on any atom is -0.490 e. The van der Waals surface area contributed by atoms with Crippen LogP contribution in [-0.2, 0) is 0 Å². The quantitative estimate of drug-likeness (QED) is 0.482. The molecule has 1 aliphatic rings. The average molecular weight is 421 g/mol. The molecule has 31 heavy (non-hydrogen) atoms. The molecule has 5 heteroatoms. The van der Waals surface area contributed by atoms with Gasteiger partial charge in [-0.25, -0.2) is 8.78 Å². The van der Waals surface area contributed by atoms with Crippen LogP contribution < -0.4 is 4.74 Å². The van der Waals surface area contributed by atoms with E-state index in [0.29, 0.717) is 18.5 Å². The van der Waals surface area contributed by atoms with E-state index in [0.717, 1.165) is 36.5 Å². The van der Waals surface area contributed by atoms with Crippen molar-refractivity contribution in [3.05, 3.63) is 90.0 Å². The number of nitrogens with zero attached hydrogens (tertiary/aromatic N) is 1. The van der Waals surface area contributed by atoms with Gasteiger partial charge in [0.05, 0.1) is 6.61 Å². The van der Waals surface area contributed by atoms with Gasteiger partial charge in [0.2, 0.25) is 0 Å². The molecule has 1 atom stereocenters. The first-order chi connectivity index (χ1) is 15.1. The van der Waals surface area contributed by atoms with Crippen LogP contribution in [0.5, 0.6) is 5.75 Å². The van der Waals surface area contributed by atoms with Crippen molar-refractivity contribution in [3.8, 4) is 16.9 Å². The molecule has 3 nitrogen and oxygen atoms in total. The van der Waals surface area contributed by atoms with Crippen molar-refractivity contribution in [2.45, 2.75) is 31.7 Å². The standard InChI is InChI=1S/C26H25F2NO2/c27-20-13-14-25(24(28)18-20)31-17-15-21-10-6-7-16-29(21)26(30)23-12-5-4-11-22(23)19-8-2-1-3-9-19/h1-5,8-9,11-14,18,21H,6-7,10,15-17H2/t21-/m0/s1. The predicted octanol–water partition coefficient (Wildman–Crippen LogP) is 6.10. The predicted molar refractivity (Wildman–Crippen MR) is 117 cm³/mol. The highest BCUT2D eigenvalue weighted by molar-refractivity contribution is 6.01. The number of hydrogen-bond donors (Lipinski definition) is 0. The summed E-state index contributed by atoms with van der Waals surface area (Å²) in [6.45, 7) is 0.953. The van der Waals surface area contributed by atoms with Crippen LogP contribution in [0, 0.1) is 11.6 Å². The number of carbonyl (C=O) groups is 1. The summed E-state index contributed by atoms with van der Waals surface area (Å²) in [5, 5.41) is 0. The van der Waals surface area contributed by atoms with Crippen molar-refractivity contribution >= 4 is 5.91 Å². The van der Waals surface area contributed by atoms with E-state index in [1.165, 1.54) is 12.1 Å². The lowest BCUT2D eigenvalue weighted by atomic mass is 9.95. The van der Waals surface area contributed by atoms with Crippen LogP contribution in [0.15, 0.2) is 72.8 Å². The lowest BCUT2D eigenvalue weighted by molar-refractivity contribution is 0.0580. The van der Waals surface area contributed by atoms with Gasteiger partial charge in [0.25, 0.3) is 5.91 Å². The van der Waals surface area contributed by atoms with Crippen LogP contribution in [-0.4, -0.2) is 30.0 Å². The van der Waals surface area contributed by atoms with Gasteiger partial charge in [-0.3, -0.25) is 4.79 Å². The Morgan fingerprint density at radius 1 is 0.968 bits per heavy atom. The molecule has 0 saturated carbocycles. The Labute approximate surface area is 181 Å². The molecule has 0 bridgehead atoms. The fourth-order valence-electron chi connectivity index (χ4n) is 4.16. The first-order valence-corrected chi connectivity index (χ1v) is 10.7. The number of ether oxygens (including phenoxy) is 1. The average Bonchev–Trinajstić information content (AvgIpc) is 2.81. The Balaban J connectivity index is 1.48. The summed E-state index contributed by atoms with van der Waals surface area (Å²) < 4.78 is 32.4. The van der Waals surface area contributed by atoms with E-state index in [4.69, 9.17) is 4.74 Å². The summed E-state index contributed by atoms with van der Waals surface area (Å²) in [6, 6.07) is 20.9. The maximum absolute atomic E-state index is 13.8. The van der Waals surface area contributed by atoms with Gasteiger partial charge in [-0.05, 0) is 48.6 Å². The van der Waals surface area contributed by atoms with Crippen LogP contribution in [0.1, 0.15) is 36.0 Å². The molecule has 1 amide bonds. The maximum Gasteiger partial charge on any atom is 0.254 e. The van der Waals surface area contributed by atoms with Crippen molar-refractivity contribution in [1.82, 2.24) is 4.90 Å². The molecule has 1 aliphatic heterocycles. The number of hydrogen-bond acceptors (Lipinski definition) is 2. The van der Waals surface area contributed by atoms with Crippen molar-refractivity contribution in [1.29, 1.82) is 0 Å². The molecule has 0 N–H and O–H groups in total. The zero-order valence-corrected chi connectivity index (χ0v) is 17.3. The summed E-state index contributed by atoms with van der Waals surface area (Å²) in [4.78, 5) is 15.4. The summed E-state index contributed by atoms with van der Waals surface area (Å²) >= 11 is 0. The topological polar surface area (TPSA) is 29.5 Å². The van der Waals surface area contributed by atoms with Crippen molar-refractivity contribution in [2.24, 2.45) is 0 Å². The molecule has 4 rings (SSSR count). The highest BCUT2D eigenvalue weighted by Crippen LogP contribution is 2.28. The van der Waals surface area contributed by atoms with Crippen molar-refractivity contribution in [2.75, 3.05) is 13.2 Å². The van der Waals surface area contributed by atoms with E-state index in [-0.39, 0.29) is 24.3 Å². The molecule has 0 unspecified atom stereocenters. The molecule has 0 aromatic heterocycles. The number of carbonyl (C=O) groups excluding carboxylic acids is 1. The second-order valence-electron chi connectivity index (χ2n) is 7.77. The number of amides is 1. The van der Waals surface area contributed by atoms with Crippen LogP contribution in [0.2, 0.25) is 0 Å². The highest BCUT2D eigenvalue weighted by Gasteiger charge is 2.28. The van der Waals surface area contributed by atoms with Crippen LogP contribution in [0.25, 0.3) is 11.1 Å². The maximum atomic E-state index is 13.8. The molecule has 3 aromatic carbocycles. The minimum absolute atomic E-state index is 0.0112. The first kappa shape index (κ1) is 21.0. The lowest BCUT2D eigenvalue weighted by Gasteiger charge is -2.36. The largest absolute Gasteiger partial charge is 0.490 e. The van der Waals surface area contributed by atoms with Gasteiger partial charge in [0.15, 0.2) is 11.6 Å². The molecular weight excluding hydrogens is 396 g/mol. The van der Waals surface area contributed by atoms with Crippen LogP contribution >= 0.6 is 0 Å².